The van der Waals surface area contributed by atoms with Crippen LogP contribution >= 0.6 is 23.4 Å². The number of thioether (sulfide) groups is 1. The first-order valence-corrected chi connectivity index (χ1v) is 7.65. The molecule has 0 radical (unpaired) electrons. The molecular weight excluding hydrogens is 351 g/mol. The topological polar surface area (TPSA) is 54.9 Å². The third-order valence-electron chi connectivity index (χ3n) is 2.71. The van der Waals surface area contributed by atoms with E-state index in [1.807, 2.05) is 0 Å². The predicted octanol–water partition coefficient (Wildman–Crippen LogP) is 4.27. The molecule has 0 fully saturated rings. The van der Waals surface area contributed by atoms with Gasteiger partial charge in [0.2, 0.25) is 5.91 Å². The van der Waals surface area contributed by atoms with Crippen molar-refractivity contribution in [3.8, 4) is 0 Å². The van der Waals surface area contributed by atoms with Crippen LogP contribution in [0.1, 0.15) is 12.6 Å². The van der Waals surface area contributed by atoms with Gasteiger partial charge in [-0.2, -0.15) is 13.2 Å². The summed E-state index contributed by atoms with van der Waals surface area (Å²) in [7, 11) is 0. The second-order valence-electron chi connectivity index (χ2n) is 4.45. The van der Waals surface area contributed by atoms with E-state index in [0.29, 0.717) is 10.7 Å². The zero-order valence-corrected chi connectivity index (χ0v) is 13.3. The summed E-state index contributed by atoms with van der Waals surface area (Å²) >= 11 is 6.76. The number of halogens is 4. The Morgan fingerprint density at radius 2 is 2.00 bits per heavy atom. The lowest BCUT2D eigenvalue weighted by atomic mass is 10.3. The highest BCUT2D eigenvalue weighted by molar-refractivity contribution is 8.00. The summed E-state index contributed by atoms with van der Waals surface area (Å²) < 4.78 is 37.8. The first-order valence-electron chi connectivity index (χ1n) is 6.39. The molecule has 0 aliphatic heterocycles. The largest absolute Gasteiger partial charge is 0.433 e. The van der Waals surface area contributed by atoms with E-state index in [4.69, 9.17) is 11.6 Å². The van der Waals surface area contributed by atoms with Crippen molar-refractivity contribution in [1.29, 1.82) is 0 Å². The molecule has 0 aliphatic carbocycles. The minimum absolute atomic E-state index is 0.123. The van der Waals surface area contributed by atoms with Gasteiger partial charge < -0.3 is 5.32 Å². The predicted molar refractivity (Wildman–Crippen MR) is 82.4 cm³/mol. The summed E-state index contributed by atoms with van der Waals surface area (Å²) in [5, 5.41) is 2.15. The minimum atomic E-state index is -4.55. The van der Waals surface area contributed by atoms with Crippen LogP contribution in [0.25, 0.3) is 0 Å². The van der Waals surface area contributed by atoms with E-state index in [1.54, 1.807) is 31.2 Å². The Bertz CT molecular complexity index is 712. The minimum Gasteiger partial charge on any atom is -0.324 e. The SMILES string of the molecule is CC(Sc1nccc(C(F)(F)F)n1)C(=O)Nc1ccccc1Cl. The van der Waals surface area contributed by atoms with Crippen LogP contribution in [0.15, 0.2) is 41.7 Å². The number of carbonyl (C=O) groups excluding carboxylic acids is 1. The fourth-order valence-electron chi connectivity index (χ4n) is 1.56. The van der Waals surface area contributed by atoms with Gasteiger partial charge in [0.15, 0.2) is 5.16 Å². The number of aromatic nitrogens is 2. The number of nitrogens with zero attached hydrogens (tertiary/aromatic N) is 2. The molecule has 1 unspecified atom stereocenters. The molecule has 2 rings (SSSR count). The lowest BCUT2D eigenvalue weighted by Crippen LogP contribution is -2.23. The monoisotopic (exact) mass is 361 g/mol. The number of para-hydroxylation sites is 1. The van der Waals surface area contributed by atoms with Crippen molar-refractivity contribution in [2.75, 3.05) is 5.32 Å². The van der Waals surface area contributed by atoms with Gasteiger partial charge in [0.05, 0.1) is 16.0 Å². The van der Waals surface area contributed by atoms with Crippen LogP contribution in [-0.2, 0) is 11.0 Å². The zero-order chi connectivity index (χ0) is 17.0. The van der Waals surface area contributed by atoms with Gasteiger partial charge in [-0.25, -0.2) is 9.97 Å². The van der Waals surface area contributed by atoms with Crippen LogP contribution in [0.4, 0.5) is 18.9 Å². The van der Waals surface area contributed by atoms with Gasteiger partial charge >= 0.3 is 6.18 Å². The van der Waals surface area contributed by atoms with E-state index in [0.717, 1.165) is 24.0 Å². The number of nitrogens with one attached hydrogen (secondary N) is 1. The highest BCUT2D eigenvalue weighted by Crippen LogP contribution is 2.29. The van der Waals surface area contributed by atoms with Crippen molar-refractivity contribution in [3.63, 3.8) is 0 Å². The molecule has 1 heterocycles. The summed E-state index contributed by atoms with van der Waals surface area (Å²) in [4.78, 5) is 19.2. The van der Waals surface area contributed by atoms with Crippen LogP contribution in [0, 0.1) is 0 Å². The van der Waals surface area contributed by atoms with Gasteiger partial charge in [-0.1, -0.05) is 35.5 Å². The summed E-state index contributed by atoms with van der Waals surface area (Å²) in [6.07, 6.45) is -3.54. The number of benzene rings is 1. The summed E-state index contributed by atoms with van der Waals surface area (Å²) in [5.41, 5.74) is -0.620. The third-order valence-corrected chi connectivity index (χ3v) is 4.01. The highest BCUT2D eigenvalue weighted by atomic mass is 35.5. The first-order chi connectivity index (χ1) is 10.8. The Balaban J connectivity index is 2.05. The van der Waals surface area contributed by atoms with Crippen LogP contribution in [0.3, 0.4) is 0 Å². The van der Waals surface area contributed by atoms with E-state index in [1.165, 1.54) is 0 Å². The standard InChI is InChI=1S/C14H11ClF3N3OS/c1-8(12(22)20-10-5-3-2-4-9(10)15)23-13-19-7-6-11(21-13)14(16,17)18/h2-8H,1H3,(H,20,22). The van der Waals surface area contributed by atoms with E-state index in [9.17, 15) is 18.0 Å². The quantitative estimate of drug-likeness (QED) is 0.652. The van der Waals surface area contributed by atoms with E-state index in [2.05, 4.69) is 15.3 Å². The molecule has 9 heteroatoms. The second kappa shape index (κ2) is 7.18. The molecule has 0 bridgehead atoms. The van der Waals surface area contributed by atoms with Crippen molar-refractivity contribution in [3.05, 3.63) is 47.2 Å². The third kappa shape index (κ3) is 4.84. The van der Waals surface area contributed by atoms with Crippen molar-refractivity contribution in [2.24, 2.45) is 0 Å². The molecular formula is C14H11ClF3N3OS. The average Bonchev–Trinajstić information content (AvgIpc) is 2.49. The van der Waals surface area contributed by atoms with E-state index >= 15 is 0 Å². The molecule has 1 atom stereocenters. The average molecular weight is 362 g/mol. The van der Waals surface area contributed by atoms with Crippen molar-refractivity contribution in [2.45, 2.75) is 23.5 Å². The Morgan fingerprint density at radius 1 is 1.30 bits per heavy atom. The van der Waals surface area contributed by atoms with Crippen LogP contribution in [-0.4, -0.2) is 21.1 Å². The van der Waals surface area contributed by atoms with E-state index in [-0.39, 0.29) is 5.16 Å². The number of anilines is 1. The number of hydrogen-bond acceptors (Lipinski definition) is 4. The van der Waals surface area contributed by atoms with Gasteiger partial charge in [-0.05, 0) is 25.1 Å². The van der Waals surface area contributed by atoms with Crippen LogP contribution < -0.4 is 5.32 Å². The maximum absolute atomic E-state index is 12.6. The van der Waals surface area contributed by atoms with Crippen molar-refractivity contribution < 1.29 is 18.0 Å². The molecule has 23 heavy (non-hydrogen) atoms. The van der Waals surface area contributed by atoms with E-state index < -0.39 is 23.0 Å². The number of amides is 1. The summed E-state index contributed by atoms with van der Waals surface area (Å²) in [6.45, 7) is 1.54. The molecule has 122 valence electrons. The summed E-state index contributed by atoms with van der Waals surface area (Å²) in [5.74, 6) is -0.413. The number of alkyl halides is 3. The maximum Gasteiger partial charge on any atom is 0.433 e. The highest BCUT2D eigenvalue weighted by Gasteiger charge is 2.33. The second-order valence-corrected chi connectivity index (χ2v) is 6.17. The molecule has 0 saturated heterocycles. The normalized spacial score (nSPS) is 12.7. The van der Waals surface area contributed by atoms with Gasteiger partial charge in [-0.3, -0.25) is 4.79 Å². The van der Waals surface area contributed by atoms with Gasteiger partial charge in [-0.15, -0.1) is 0 Å². The van der Waals surface area contributed by atoms with Crippen molar-refractivity contribution >= 4 is 35.0 Å². The van der Waals surface area contributed by atoms with Crippen LogP contribution in [0.2, 0.25) is 5.02 Å². The number of hydrogen-bond donors (Lipinski definition) is 1. The zero-order valence-electron chi connectivity index (χ0n) is 11.8. The van der Waals surface area contributed by atoms with Crippen LogP contribution in [0.5, 0.6) is 0 Å². The number of rotatable bonds is 4. The molecule has 1 amide bonds. The smallest absolute Gasteiger partial charge is 0.324 e. The Kier molecular flexibility index (Phi) is 5.48. The Morgan fingerprint density at radius 3 is 2.65 bits per heavy atom. The lowest BCUT2D eigenvalue weighted by molar-refractivity contribution is -0.141. The molecule has 0 aliphatic rings. The maximum atomic E-state index is 12.6. The number of carbonyl (C=O) groups is 1. The molecule has 1 aromatic carbocycles. The Labute approximate surface area is 139 Å². The Hall–Kier alpha value is -1.80. The van der Waals surface area contributed by atoms with Crippen molar-refractivity contribution in [1.82, 2.24) is 9.97 Å². The molecule has 1 N–H and O–H groups in total. The first kappa shape index (κ1) is 17.6. The molecule has 1 aromatic heterocycles. The molecule has 2 aromatic rings. The van der Waals surface area contributed by atoms with Gasteiger partial charge in [0, 0.05) is 6.20 Å². The molecule has 0 spiro atoms. The molecule has 4 nitrogen and oxygen atoms in total. The molecule has 0 saturated carbocycles. The fraction of sp³-hybridized carbons (Fsp3) is 0.214. The lowest BCUT2D eigenvalue weighted by Gasteiger charge is -2.12. The van der Waals surface area contributed by atoms with Gasteiger partial charge in [0.1, 0.15) is 5.69 Å². The van der Waals surface area contributed by atoms with Gasteiger partial charge in [0.25, 0.3) is 0 Å². The summed E-state index contributed by atoms with van der Waals surface area (Å²) in [6, 6.07) is 7.43. The fourth-order valence-corrected chi connectivity index (χ4v) is 2.50.